The molecule has 0 atom stereocenters. The van der Waals surface area contributed by atoms with Crippen molar-refractivity contribution in [3.05, 3.63) is 66.2 Å². The van der Waals surface area contributed by atoms with Crippen molar-refractivity contribution in [2.75, 3.05) is 6.79 Å². The second kappa shape index (κ2) is 6.09. The maximum Gasteiger partial charge on any atom is 0.231 e. The molecule has 134 valence electrons. The second-order valence-corrected chi connectivity index (χ2v) is 6.32. The van der Waals surface area contributed by atoms with Gasteiger partial charge in [0.2, 0.25) is 6.79 Å². The molecule has 0 N–H and O–H groups in total. The van der Waals surface area contributed by atoms with Crippen LogP contribution in [0, 0.1) is 5.82 Å². The van der Waals surface area contributed by atoms with E-state index in [-0.39, 0.29) is 12.6 Å². The quantitative estimate of drug-likeness (QED) is 0.539. The number of ether oxygens (including phenoxy) is 2. The summed E-state index contributed by atoms with van der Waals surface area (Å²) in [6, 6.07) is 14.2. The van der Waals surface area contributed by atoms with Gasteiger partial charge in [-0.3, -0.25) is 0 Å². The minimum Gasteiger partial charge on any atom is -0.454 e. The van der Waals surface area contributed by atoms with Gasteiger partial charge in [0.1, 0.15) is 5.82 Å². The van der Waals surface area contributed by atoms with Gasteiger partial charge in [0.05, 0.1) is 11.4 Å². The molecule has 0 amide bonds. The first kappa shape index (κ1) is 15.8. The minimum atomic E-state index is -0.262. The summed E-state index contributed by atoms with van der Waals surface area (Å²) in [5.74, 6) is 1.20. The Kier molecular flexibility index (Phi) is 3.57. The molecule has 2 aromatic carbocycles. The summed E-state index contributed by atoms with van der Waals surface area (Å²) < 4.78 is 26.1. The molecule has 1 aliphatic rings. The van der Waals surface area contributed by atoms with E-state index in [0.29, 0.717) is 0 Å². The van der Waals surface area contributed by atoms with Crippen LogP contribution in [0.25, 0.3) is 28.0 Å². The first-order chi connectivity index (χ1) is 13.2. The molecule has 0 saturated carbocycles. The highest BCUT2D eigenvalue weighted by atomic mass is 19.1. The standard InChI is InChI=1S/C21H16FN3O2/c1-2-16-20(13-3-6-15(22)7-4-13)21-23-10-9-17(25(21)24-16)14-5-8-18-19(11-14)27-12-26-18/h3-11H,2,12H2,1H3. The van der Waals surface area contributed by atoms with Crippen LogP contribution in [0.15, 0.2) is 54.7 Å². The molecule has 0 fully saturated rings. The zero-order chi connectivity index (χ0) is 18.4. The molecule has 2 aromatic heterocycles. The predicted octanol–water partition coefficient (Wildman–Crippen LogP) is 4.49. The molecule has 4 aromatic rings. The van der Waals surface area contributed by atoms with Crippen molar-refractivity contribution in [2.45, 2.75) is 13.3 Å². The van der Waals surface area contributed by atoms with E-state index in [1.165, 1.54) is 12.1 Å². The Hall–Kier alpha value is -3.41. The van der Waals surface area contributed by atoms with Gasteiger partial charge in [0.25, 0.3) is 0 Å². The molecule has 0 spiro atoms. The first-order valence-corrected chi connectivity index (χ1v) is 8.77. The number of fused-ring (bicyclic) bond motifs is 2. The van der Waals surface area contributed by atoms with E-state index in [0.717, 1.165) is 51.6 Å². The second-order valence-electron chi connectivity index (χ2n) is 6.32. The van der Waals surface area contributed by atoms with E-state index in [4.69, 9.17) is 14.6 Å². The van der Waals surface area contributed by atoms with Crippen molar-refractivity contribution < 1.29 is 13.9 Å². The third kappa shape index (κ3) is 2.52. The van der Waals surface area contributed by atoms with Crippen molar-refractivity contribution in [2.24, 2.45) is 0 Å². The van der Waals surface area contributed by atoms with Crippen LogP contribution in [0.4, 0.5) is 4.39 Å². The highest BCUT2D eigenvalue weighted by Gasteiger charge is 2.19. The third-order valence-corrected chi connectivity index (χ3v) is 4.73. The van der Waals surface area contributed by atoms with Gasteiger partial charge >= 0.3 is 0 Å². The Balaban J connectivity index is 1.73. The molecule has 5 nitrogen and oxygen atoms in total. The first-order valence-electron chi connectivity index (χ1n) is 8.77. The Labute approximate surface area is 155 Å². The number of hydrogen-bond acceptors (Lipinski definition) is 4. The molecule has 1 aliphatic heterocycles. The fourth-order valence-corrected chi connectivity index (χ4v) is 3.42. The Bertz CT molecular complexity index is 1150. The number of rotatable bonds is 3. The molecule has 6 heteroatoms. The van der Waals surface area contributed by atoms with E-state index >= 15 is 0 Å². The van der Waals surface area contributed by atoms with E-state index in [1.807, 2.05) is 28.8 Å². The van der Waals surface area contributed by atoms with Crippen molar-refractivity contribution in [3.63, 3.8) is 0 Å². The van der Waals surface area contributed by atoms with Gasteiger partial charge in [-0.25, -0.2) is 13.9 Å². The Morgan fingerprint density at radius 2 is 1.78 bits per heavy atom. The summed E-state index contributed by atoms with van der Waals surface area (Å²) in [4.78, 5) is 4.56. The summed E-state index contributed by atoms with van der Waals surface area (Å²) in [7, 11) is 0. The van der Waals surface area contributed by atoms with Gasteiger partial charge in [-0.05, 0) is 48.4 Å². The number of aryl methyl sites for hydroxylation is 1. The van der Waals surface area contributed by atoms with Gasteiger partial charge in [-0.2, -0.15) is 5.10 Å². The van der Waals surface area contributed by atoms with E-state index in [1.54, 1.807) is 18.3 Å². The lowest BCUT2D eigenvalue weighted by atomic mass is 10.0. The van der Waals surface area contributed by atoms with Crippen LogP contribution < -0.4 is 9.47 Å². The van der Waals surface area contributed by atoms with Crippen LogP contribution in [0.3, 0.4) is 0 Å². The number of halogens is 1. The lowest BCUT2D eigenvalue weighted by Crippen LogP contribution is -1.96. The Morgan fingerprint density at radius 1 is 1.00 bits per heavy atom. The SMILES string of the molecule is CCc1nn2c(-c3ccc4c(c3)OCO4)ccnc2c1-c1ccc(F)cc1. The topological polar surface area (TPSA) is 48.7 Å². The van der Waals surface area contributed by atoms with Gasteiger partial charge in [0, 0.05) is 17.3 Å². The van der Waals surface area contributed by atoms with Gasteiger partial charge < -0.3 is 9.47 Å². The third-order valence-electron chi connectivity index (χ3n) is 4.73. The highest BCUT2D eigenvalue weighted by molar-refractivity contribution is 5.81. The molecule has 0 unspecified atom stereocenters. The summed E-state index contributed by atoms with van der Waals surface area (Å²) >= 11 is 0. The zero-order valence-electron chi connectivity index (χ0n) is 14.6. The maximum absolute atomic E-state index is 13.4. The molecule has 5 rings (SSSR count). The number of benzene rings is 2. The average molecular weight is 361 g/mol. The van der Waals surface area contributed by atoms with Gasteiger partial charge in [-0.15, -0.1) is 0 Å². The fraction of sp³-hybridized carbons (Fsp3) is 0.143. The molecular formula is C21H16FN3O2. The van der Waals surface area contributed by atoms with Crippen molar-refractivity contribution in [3.8, 4) is 33.9 Å². The van der Waals surface area contributed by atoms with Crippen molar-refractivity contribution in [1.29, 1.82) is 0 Å². The van der Waals surface area contributed by atoms with Crippen molar-refractivity contribution >= 4 is 5.65 Å². The molecular weight excluding hydrogens is 345 g/mol. The molecule has 0 saturated heterocycles. The average Bonchev–Trinajstić information content (AvgIpc) is 3.32. The van der Waals surface area contributed by atoms with Crippen LogP contribution in [0.1, 0.15) is 12.6 Å². The number of aromatic nitrogens is 3. The van der Waals surface area contributed by atoms with E-state index in [9.17, 15) is 4.39 Å². The molecule has 27 heavy (non-hydrogen) atoms. The molecule has 0 radical (unpaired) electrons. The number of hydrogen-bond donors (Lipinski definition) is 0. The normalized spacial score (nSPS) is 12.7. The lowest BCUT2D eigenvalue weighted by molar-refractivity contribution is 0.174. The summed E-state index contributed by atoms with van der Waals surface area (Å²) in [5, 5.41) is 4.79. The van der Waals surface area contributed by atoms with Crippen LogP contribution >= 0.6 is 0 Å². The van der Waals surface area contributed by atoms with Crippen LogP contribution in [0.2, 0.25) is 0 Å². The minimum absolute atomic E-state index is 0.237. The maximum atomic E-state index is 13.4. The monoisotopic (exact) mass is 361 g/mol. The summed E-state index contributed by atoms with van der Waals surface area (Å²) in [6.45, 7) is 2.29. The van der Waals surface area contributed by atoms with Crippen LogP contribution in [0.5, 0.6) is 11.5 Å². The number of nitrogens with zero attached hydrogens (tertiary/aromatic N) is 3. The van der Waals surface area contributed by atoms with E-state index in [2.05, 4.69) is 11.9 Å². The summed E-state index contributed by atoms with van der Waals surface area (Å²) in [6.07, 6.45) is 2.51. The zero-order valence-corrected chi connectivity index (χ0v) is 14.6. The van der Waals surface area contributed by atoms with E-state index < -0.39 is 0 Å². The predicted molar refractivity (Wildman–Crippen MR) is 99.3 cm³/mol. The fourth-order valence-electron chi connectivity index (χ4n) is 3.42. The van der Waals surface area contributed by atoms with Gasteiger partial charge in [-0.1, -0.05) is 19.1 Å². The summed E-state index contributed by atoms with van der Waals surface area (Å²) in [5.41, 5.74) is 5.36. The van der Waals surface area contributed by atoms with Gasteiger partial charge in [0.15, 0.2) is 17.1 Å². The molecule has 0 aliphatic carbocycles. The highest BCUT2D eigenvalue weighted by Crippen LogP contribution is 2.37. The lowest BCUT2D eigenvalue weighted by Gasteiger charge is -2.06. The Morgan fingerprint density at radius 3 is 2.59 bits per heavy atom. The van der Waals surface area contributed by atoms with Crippen LogP contribution in [-0.4, -0.2) is 21.4 Å². The molecule has 3 heterocycles. The van der Waals surface area contributed by atoms with Crippen LogP contribution in [-0.2, 0) is 6.42 Å². The molecule has 0 bridgehead atoms. The van der Waals surface area contributed by atoms with Crippen molar-refractivity contribution in [1.82, 2.24) is 14.6 Å². The largest absolute Gasteiger partial charge is 0.454 e. The smallest absolute Gasteiger partial charge is 0.231 e.